The zero-order valence-electron chi connectivity index (χ0n) is 9.22. The number of nitrogens with two attached hydrogens (primary N) is 1. The van der Waals surface area contributed by atoms with Crippen molar-refractivity contribution in [2.24, 2.45) is 5.84 Å². The van der Waals surface area contributed by atoms with E-state index in [-0.39, 0.29) is 6.04 Å². The maximum absolute atomic E-state index is 5.57. The molecule has 0 spiro atoms. The van der Waals surface area contributed by atoms with Crippen LogP contribution in [0.1, 0.15) is 30.9 Å². The molecule has 0 saturated carbocycles. The van der Waals surface area contributed by atoms with Gasteiger partial charge < -0.3 is 4.98 Å². The number of hydrogen-bond donors (Lipinski definition) is 3. The molecule has 0 fully saturated rings. The van der Waals surface area contributed by atoms with Gasteiger partial charge in [0.1, 0.15) is 11.9 Å². The smallest absolute Gasteiger partial charge is 0.130 e. The Kier molecular flexibility index (Phi) is 3.33. The van der Waals surface area contributed by atoms with Gasteiger partial charge >= 0.3 is 0 Å². The number of rotatable bonds is 5. The van der Waals surface area contributed by atoms with Gasteiger partial charge in [0.25, 0.3) is 0 Å². The van der Waals surface area contributed by atoms with Gasteiger partial charge in [0.05, 0.1) is 5.69 Å². The van der Waals surface area contributed by atoms with Gasteiger partial charge in [0.2, 0.25) is 0 Å². The Morgan fingerprint density at radius 2 is 2.44 bits per heavy atom. The Labute approximate surface area is 93.8 Å². The molecule has 1 unspecified atom stereocenters. The molecule has 0 aliphatic carbocycles. The normalized spacial score (nSPS) is 12.9. The molecule has 2 aromatic heterocycles. The Bertz CT molecular complexity index is 418. The molecule has 0 radical (unpaired) electrons. The molecule has 0 aliphatic rings. The first-order valence-corrected chi connectivity index (χ1v) is 5.34. The Morgan fingerprint density at radius 3 is 3.06 bits per heavy atom. The second-order valence-electron chi connectivity index (χ2n) is 3.55. The highest BCUT2D eigenvalue weighted by atomic mass is 15.3. The van der Waals surface area contributed by atoms with Gasteiger partial charge in [-0.25, -0.2) is 10.4 Å². The van der Waals surface area contributed by atoms with E-state index >= 15 is 0 Å². The topological polar surface area (TPSA) is 84.6 Å². The van der Waals surface area contributed by atoms with Crippen LogP contribution in [0.3, 0.4) is 0 Å². The van der Waals surface area contributed by atoms with Crippen molar-refractivity contribution in [3.8, 4) is 0 Å². The Morgan fingerprint density at radius 1 is 1.56 bits per heavy atom. The molecule has 0 amide bonds. The summed E-state index contributed by atoms with van der Waals surface area (Å²) in [6.07, 6.45) is 6.29. The summed E-state index contributed by atoms with van der Waals surface area (Å²) in [6, 6.07) is 1.80. The third-order valence-corrected chi connectivity index (χ3v) is 2.44. The second-order valence-corrected chi connectivity index (χ2v) is 3.55. The van der Waals surface area contributed by atoms with E-state index in [0.717, 1.165) is 24.5 Å². The van der Waals surface area contributed by atoms with Crippen molar-refractivity contribution in [1.29, 1.82) is 0 Å². The Hall–Kier alpha value is -1.66. The van der Waals surface area contributed by atoms with Crippen LogP contribution in [0.15, 0.2) is 24.7 Å². The van der Waals surface area contributed by atoms with E-state index in [1.54, 1.807) is 18.6 Å². The maximum atomic E-state index is 5.57. The van der Waals surface area contributed by atoms with E-state index in [1.807, 2.05) is 10.7 Å². The van der Waals surface area contributed by atoms with E-state index in [9.17, 15) is 0 Å². The van der Waals surface area contributed by atoms with E-state index in [1.165, 1.54) is 0 Å². The lowest BCUT2D eigenvalue weighted by atomic mass is 10.2. The average molecular weight is 220 g/mol. The number of hydrazine groups is 1. The van der Waals surface area contributed by atoms with Crippen LogP contribution in [-0.4, -0.2) is 19.7 Å². The molecule has 2 rings (SSSR count). The summed E-state index contributed by atoms with van der Waals surface area (Å²) in [5.74, 6) is 6.36. The zero-order valence-corrected chi connectivity index (χ0v) is 9.22. The maximum Gasteiger partial charge on any atom is 0.130 e. The van der Waals surface area contributed by atoms with Crippen molar-refractivity contribution < 1.29 is 0 Å². The van der Waals surface area contributed by atoms with Gasteiger partial charge in [-0.15, -0.1) is 0 Å². The lowest BCUT2D eigenvalue weighted by Crippen LogP contribution is -2.31. The standard InChI is InChI=1S/C10H16N6/c1-2-7-16-8(3-4-14-16)9(15-11)10-12-5-6-13-10/h3-6,9,15H,2,7,11H2,1H3,(H,12,13). The van der Waals surface area contributed by atoms with Gasteiger partial charge in [-0.2, -0.15) is 5.10 Å². The summed E-state index contributed by atoms with van der Waals surface area (Å²) in [5.41, 5.74) is 3.76. The van der Waals surface area contributed by atoms with Gasteiger partial charge in [-0.1, -0.05) is 6.92 Å². The highest BCUT2D eigenvalue weighted by Gasteiger charge is 2.18. The summed E-state index contributed by atoms with van der Waals surface area (Å²) in [4.78, 5) is 7.26. The average Bonchev–Trinajstić information content (AvgIpc) is 2.92. The first kappa shape index (κ1) is 10.8. The van der Waals surface area contributed by atoms with E-state index in [0.29, 0.717) is 0 Å². The molecule has 0 aliphatic heterocycles. The quantitative estimate of drug-likeness (QED) is 0.508. The molecule has 2 heterocycles. The van der Waals surface area contributed by atoms with Crippen molar-refractivity contribution >= 4 is 0 Å². The molecule has 2 aromatic rings. The summed E-state index contributed by atoms with van der Waals surface area (Å²) in [6.45, 7) is 2.99. The fraction of sp³-hybridized carbons (Fsp3) is 0.400. The fourth-order valence-electron chi connectivity index (χ4n) is 1.73. The number of aromatic amines is 1. The van der Waals surface area contributed by atoms with Crippen molar-refractivity contribution in [3.63, 3.8) is 0 Å². The van der Waals surface area contributed by atoms with Crippen LogP contribution in [0.25, 0.3) is 0 Å². The molecular formula is C10H16N6. The van der Waals surface area contributed by atoms with Crippen molar-refractivity contribution in [2.45, 2.75) is 25.9 Å². The zero-order chi connectivity index (χ0) is 11.4. The molecule has 86 valence electrons. The van der Waals surface area contributed by atoms with Crippen LogP contribution in [0.2, 0.25) is 0 Å². The van der Waals surface area contributed by atoms with Crippen LogP contribution in [0, 0.1) is 0 Å². The van der Waals surface area contributed by atoms with Crippen molar-refractivity contribution in [2.75, 3.05) is 0 Å². The van der Waals surface area contributed by atoms with Gasteiger partial charge in [-0.05, 0) is 12.5 Å². The van der Waals surface area contributed by atoms with Crippen LogP contribution in [0.4, 0.5) is 0 Å². The highest BCUT2D eigenvalue weighted by molar-refractivity contribution is 5.16. The molecular weight excluding hydrogens is 204 g/mol. The number of nitrogens with zero attached hydrogens (tertiary/aromatic N) is 3. The monoisotopic (exact) mass is 220 g/mol. The highest BCUT2D eigenvalue weighted by Crippen LogP contribution is 2.17. The predicted molar refractivity (Wildman–Crippen MR) is 60.3 cm³/mol. The number of aromatic nitrogens is 4. The SMILES string of the molecule is CCCn1nccc1C(NN)c1ncc[nH]1. The molecule has 1 atom stereocenters. The molecule has 6 nitrogen and oxygen atoms in total. The van der Waals surface area contributed by atoms with Gasteiger partial charge in [0.15, 0.2) is 0 Å². The first-order valence-electron chi connectivity index (χ1n) is 5.34. The molecule has 0 aromatic carbocycles. The predicted octanol–water partition coefficient (Wildman–Crippen LogP) is 0.569. The number of hydrogen-bond acceptors (Lipinski definition) is 4. The van der Waals surface area contributed by atoms with E-state index < -0.39 is 0 Å². The van der Waals surface area contributed by atoms with Crippen LogP contribution >= 0.6 is 0 Å². The summed E-state index contributed by atoms with van der Waals surface area (Å²) < 4.78 is 1.94. The van der Waals surface area contributed by atoms with E-state index in [4.69, 9.17) is 5.84 Å². The third kappa shape index (κ3) is 1.98. The van der Waals surface area contributed by atoms with E-state index in [2.05, 4.69) is 27.4 Å². The minimum Gasteiger partial charge on any atom is -0.347 e. The molecule has 16 heavy (non-hydrogen) atoms. The van der Waals surface area contributed by atoms with Gasteiger partial charge in [-0.3, -0.25) is 10.5 Å². The lowest BCUT2D eigenvalue weighted by Gasteiger charge is -2.15. The van der Waals surface area contributed by atoms with Crippen molar-refractivity contribution in [1.82, 2.24) is 25.2 Å². The van der Waals surface area contributed by atoms with Crippen molar-refractivity contribution in [3.05, 3.63) is 36.2 Å². The third-order valence-electron chi connectivity index (χ3n) is 2.44. The molecule has 0 saturated heterocycles. The minimum absolute atomic E-state index is 0.149. The number of H-pyrrole nitrogens is 1. The fourth-order valence-corrected chi connectivity index (χ4v) is 1.73. The van der Waals surface area contributed by atoms with Crippen LogP contribution in [-0.2, 0) is 6.54 Å². The molecule has 4 N–H and O–H groups in total. The van der Waals surface area contributed by atoms with Gasteiger partial charge in [0, 0.05) is 25.1 Å². The number of nitrogens with one attached hydrogen (secondary N) is 2. The molecule has 0 bridgehead atoms. The summed E-state index contributed by atoms with van der Waals surface area (Å²) in [5, 5.41) is 4.26. The first-order chi connectivity index (χ1) is 7.86. The number of imidazole rings is 1. The largest absolute Gasteiger partial charge is 0.347 e. The second kappa shape index (κ2) is 4.91. The molecule has 6 heteroatoms. The lowest BCUT2D eigenvalue weighted by molar-refractivity contribution is 0.510. The van der Waals surface area contributed by atoms with Crippen LogP contribution in [0.5, 0.6) is 0 Å². The Balaban J connectivity index is 2.30. The summed E-state index contributed by atoms with van der Waals surface area (Å²) >= 11 is 0. The minimum atomic E-state index is -0.149. The summed E-state index contributed by atoms with van der Waals surface area (Å²) in [7, 11) is 0. The number of aryl methyl sites for hydroxylation is 1. The van der Waals surface area contributed by atoms with Crippen LogP contribution < -0.4 is 11.3 Å².